The lowest BCUT2D eigenvalue weighted by Crippen LogP contribution is -2.36. The van der Waals surface area contributed by atoms with Gasteiger partial charge in [-0.25, -0.2) is 5.01 Å². The highest BCUT2D eigenvalue weighted by atomic mass is 16.2. The Morgan fingerprint density at radius 2 is 1.96 bits per heavy atom. The first-order valence-electron chi connectivity index (χ1n) is 8.27. The van der Waals surface area contributed by atoms with Crippen LogP contribution >= 0.6 is 0 Å². The van der Waals surface area contributed by atoms with Crippen LogP contribution in [0.25, 0.3) is 11.1 Å². The smallest absolute Gasteiger partial charge is 0.266 e. The van der Waals surface area contributed by atoms with Crippen LogP contribution in [0.15, 0.2) is 42.5 Å². The number of nitrogens with zero attached hydrogens (tertiary/aromatic N) is 1. The number of fused-ring (bicyclic) bond motifs is 1. The van der Waals surface area contributed by atoms with Gasteiger partial charge in [0.2, 0.25) is 0 Å². The second kappa shape index (κ2) is 6.55. The molecular formula is C20H24N2O. The number of hydrogen-bond donors (Lipinski definition) is 1. The molecule has 0 aromatic heterocycles. The van der Waals surface area contributed by atoms with E-state index in [4.69, 9.17) is 0 Å². The number of carbonyl (C=O) groups is 1. The molecule has 0 bridgehead atoms. The maximum atomic E-state index is 12.4. The summed E-state index contributed by atoms with van der Waals surface area (Å²) in [4.78, 5) is 12.4. The van der Waals surface area contributed by atoms with Gasteiger partial charge >= 0.3 is 0 Å². The summed E-state index contributed by atoms with van der Waals surface area (Å²) in [7, 11) is 3.64. The summed E-state index contributed by atoms with van der Waals surface area (Å²) in [6, 6.07) is 14.5. The molecule has 23 heavy (non-hydrogen) atoms. The van der Waals surface area contributed by atoms with Crippen LogP contribution in [0.5, 0.6) is 0 Å². The van der Waals surface area contributed by atoms with E-state index < -0.39 is 0 Å². The summed E-state index contributed by atoms with van der Waals surface area (Å²) >= 11 is 0. The second-order valence-corrected chi connectivity index (χ2v) is 6.59. The van der Waals surface area contributed by atoms with E-state index in [0.717, 1.165) is 17.5 Å². The minimum absolute atomic E-state index is 0.0725. The fraction of sp³-hybridized carbons (Fsp3) is 0.350. The quantitative estimate of drug-likeness (QED) is 0.869. The van der Waals surface area contributed by atoms with E-state index >= 15 is 0 Å². The Morgan fingerprint density at radius 1 is 1.17 bits per heavy atom. The molecule has 0 heterocycles. The Kier molecular flexibility index (Phi) is 4.49. The van der Waals surface area contributed by atoms with Gasteiger partial charge in [-0.3, -0.25) is 10.2 Å². The highest BCUT2D eigenvalue weighted by Gasteiger charge is 2.18. The van der Waals surface area contributed by atoms with Gasteiger partial charge in [0, 0.05) is 19.7 Å². The van der Waals surface area contributed by atoms with E-state index in [0.29, 0.717) is 11.5 Å². The molecule has 3 heteroatoms. The lowest BCUT2D eigenvalue weighted by molar-refractivity contribution is 0.0857. The van der Waals surface area contributed by atoms with Crippen molar-refractivity contribution in [2.24, 2.45) is 0 Å². The fourth-order valence-corrected chi connectivity index (χ4v) is 3.42. The van der Waals surface area contributed by atoms with Crippen molar-refractivity contribution < 1.29 is 4.79 Å². The normalized spacial score (nSPS) is 17.0. The first kappa shape index (κ1) is 15.8. The van der Waals surface area contributed by atoms with Gasteiger partial charge in [0.15, 0.2) is 0 Å². The van der Waals surface area contributed by atoms with Gasteiger partial charge in [-0.15, -0.1) is 0 Å². The van der Waals surface area contributed by atoms with Gasteiger partial charge in [0.05, 0.1) is 0 Å². The Balaban J connectivity index is 2.01. The van der Waals surface area contributed by atoms with Crippen molar-refractivity contribution in [1.29, 1.82) is 0 Å². The predicted molar refractivity (Wildman–Crippen MR) is 94.4 cm³/mol. The second-order valence-electron chi connectivity index (χ2n) is 6.59. The predicted octanol–water partition coefficient (Wildman–Crippen LogP) is 4.00. The summed E-state index contributed by atoms with van der Waals surface area (Å²) < 4.78 is 0. The third kappa shape index (κ3) is 3.30. The largest absolute Gasteiger partial charge is 0.285 e. The molecule has 1 aliphatic carbocycles. The first-order valence-corrected chi connectivity index (χ1v) is 8.27. The zero-order valence-electron chi connectivity index (χ0n) is 14.1. The molecule has 2 aromatic rings. The molecule has 1 unspecified atom stereocenters. The van der Waals surface area contributed by atoms with Crippen LogP contribution in [-0.2, 0) is 6.42 Å². The molecule has 0 saturated carbocycles. The number of amides is 1. The molecular weight excluding hydrogens is 284 g/mol. The van der Waals surface area contributed by atoms with Crippen molar-refractivity contribution in [3.8, 4) is 11.1 Å². The molecule has 1 amide bonds. The van der Waals surface area contributed by atoms with E-state index in [1.165, 1.54) is 24.0 Å². The van der Waals surface area contributed by atoms with Gasteiger partial charge in [0.1, 0.15) is 0 Å². The monoisotopic (exact) mass is 308 g/mol. The van der Waals surface area contributed by atoms with E-state index in [9.17, 15) is 4.79 Å². The fourth-order valence-electron chi connectivity index (χ4n) is 3.42. The zero-order chi connectivity index (χ0) is 16.4. The van der Waals surface area contributed by atoms with Gasteiger partial charge in [-0.2, -0.15) is 0 Å². The molecule has 1 atom stereocenters. The van der Waals surface area contributed by atoms with E-state index in [-0.39, 0.29) is 5.91 Å². The van der Waals surface area contributed by atoms with Crippen molar-refractivity contribution in [1.82, 2.24) is 10.4 Å². The van der Waals surface area contributed by atoms with Crippen LogP contribution in [0.3, 0.4) is 0 Å². The zero-order valence-corrected chi connectivity index (χ0v) is 14.1. The SMILES string of the molecule is CC1CCCc2cc(-c3ccccc3C(=O)NN(C)C)ccc21. The molecule has 0 fully saturated rings. The molecule has 120 valence electrons. The van der Waals surface area contributed by atoms with E-state index in [1.807, 2.05) is 38.4 Å². The number of aryl methyl sites for hydroxylation is 1. The molecule has 0 saturated heterocycles. The molecule has 0 radical (unpaired) electrons. The maximum Gasteiger partial charge on any atom is 0.266 e. The summed E-state index contributed by atoms with van der Waals surface area (Å²) in [6.45, 7) is 2.30. The van der Waals surface area contributed by atoms with Crippen molar-refractivity contribution in [2.45, 2.75) is 32.1 Å². The standard InChI is InChI=1S/C20H24N2O/c1-14-7-6-8-15-13-16(11-12-17(14)15)18-9-4-5-10-19(18)20(23)21-22(2)3/h4-5,9-14H,6-8H2,1-3H3,(H,21,23). The third-order valence-electron chi connectivity index (χ3n) is 4.56. The van der Waals surface area contributed by atoms with Crippen LogP contribution in [-0.4, -0.2) is 25.0 Å². The Bertz CT molecular complexity index is 721. The Morgan fingerprint density at radius 3 is 2.74 bits per heavy atom. The average Bonchev–Trinajstić information content (AvgIpc) is 2.54. The summed E-state index contributed by atoms with van der Waals surface area (Å²) in [6.07, 6.45) is 3.66. The van der Waals surface area contributed by atoms with Gasteiger partial charge in [0.25, 0.3) is 5.91 Å². The van der Waals surface area contributed by atoms with Crippen molar-refractivity contribution in [2.75, 3.05) is 14.1 Å². The molecule has 1 N–H and O–H groups in total. The maximum absolute atomic E-state index is 12.4. The van der Waals surface area contributed by atoms with Crippen LogP contribution in [0.1, 0.15) is 47.2 Å². The average molecular weight is 308 g/mol. The summed E-state index contributed by atoms with van der Waals surface area (Å²) in [5.74, 6) is 0.566. The van der Waals surface area contributed by atoms with Crippen molar-refractivity contribution >= 4 is 5.91 Å². The lowest BCUT2D eigenvalue weighted by atomic mass is 9.82. The van der Waals surface area contributed by atoms with E-state index in [2.05, 4.69) is 30.5 Å². The molecule has 3 rings (SSSR count). The highest BCUT2D eigenvalue weighted by Crippen LogP contribution is 2.34. The highest BCUT2D eigenvalue weighted by molar-refractivity contribution is 6.00. The number of rotatable bonds is 3. The van der Waals surface area contributed by atoms with Gasteiger partial charge in [-0.1, -0.05) is 43.3 Å². The summed E-state index contributed by atoms with van der Waals surface area (Å²) in [5, 5.41) is 1.67. The number of nitrogens with one attached hydrogen (secondary N) is 1. The first-order chi connectivity index (χ1) is 11.1. The van der Waals surface area contributed by atoms with E-state index in [1.54, 1.807) is 5.01 Å². The van der Waals surface area contributed by atoms with Gasteiger partial charge < -0.3 is 0 Å². The number of hydrazine groups is 1. The van der Waals surface area contributed by atoms with Crippen LogP contribution in [0.2, 0.25) is 0 Å². The molecule has 1 aliphatic rings. The minimum atomic E-state index is -0.0725. The number of hydrogen-bond acceptors (Lipinski definition) is 2. The van der Waals surface area contributed by atoms with Crippen molar-refractivity contribution in [3.05, 3.63) is 59.2 Å². The lowest BCUT2D eigenvalue weighted by Gasteiger charge is -2.23. The summed E-state index contributed by atoms with van der Waals surface area (Å²) in [5.41, 5.74) is 8.57. The topological polar surface area (TPSA) is 32.3 Å². The molecule has 0 aliphatic heterocycles. The van der Waals surface area contributed by atoms with Crippen LogP contribution in [0, 0.1) is 0 Å². The molecule has 3 nitrogen and oxygen atoms in total. The number of carbonyl (C=O) groups excluding carboxylic acids is 1. The number of benzene rings is 2. The molecule has 0 spiro atoms. The molecule has 2 aromatic carbocycles. The minimum Gasteiger partial charge on any atom is -0.285 e. The Labute approximate surface area is 138 Å². The van der Waals surface area contributed by atoms with Crippen molar-refractivity contribution in [3.63, 3.8) is 0 Å². The van der Waals surface area contributed by atoms with Gasteiger partial charge in [-0.05, 0) is 53.5 Å². The Hall–Kier alpha value is -2.13. The van der Waals surface area contributed by atoms with Crippen LogP contribution in [0.4, 0.5) is 0 Å². The van der Waals surface area contributed by atoms with Crippen LogP contribution < -0.4 is 5.43 Å². The third-order valence-corrected chi connectivity index (χ3v) is 4.56.